The molecule has 0 saturated heterocycles. The minimum Gasteiger partial charge on any atom is -0.366 e. The SMILES string of the molecule is CC(=O)Cn1nc(C(F)F)c2c1C(F)(F)CCC2=O.NC(=O)c1cc(-c2cccnc2[C@@H](CC(=O)Cn2nc(C(F)F)c3c2C(F)(F)CCC3=O)Cc2cc(F)cc(F)c2)ccc1F. The van der Waals surface area contributed by atoms with Crippen molar-refractivity contribution in [2.24, 2.45) is 5.73 Å². The van der Waals surface area contributed by atoms with Gasteiger partial charge in [-0.3, -0.25) is 38.3 Å². The van der Waals surface area contributed by atoms with Gasteiger partial charge in [-0.1, -0.05) is 12.1 Å². The lowest BCUT2D eigenvalue weighted by Crippen LogP contribution is -2.29. The van der Waals surface area contributed by atoms with Gasteiger partial charge < -0.3 is 5.73 Å². The van der Waals surface area contributed by atoms with Gasteiger partial charge in [0.2, 0.25) is 0 Å². The molecule has 1 amide bonds. The van der Waals surface area contributed by atoms with Crippen LogP contribution in [-0.2, 0) is 40.9 Å². The fourth-order valence-electron chi connectivity index (χ4n) is 7.68. The molecule has 3 aromatic heterocycles. The van der Waals surface area contributed by atoms with E-state index in [2.05, 4.69) is 15.2 Å². The van der Waals surface area contributed by atoms with Crippen LogP contribution in [0.2, 0.25) is 0 Å². The Morgan fingerprint density at radius 3 is 1.78 bits per heavy atom. The lowest BCUT2D eigenvalue weighted by molar-refractivity contribution is -0.120. The number of alkyl halides is 8. The molecule has 0 bridgehead atoms. The number of primary amides is 1. The number of Topliss-reactive ketones (excluding diaryl/α,β-unsaturated/α-hetero) is 4. The molecule has 2 aliphatic carbocycles. The van der Waals surface area contributed by atoms with Gasteiger partial charge >= 0.3 is 0 Å². The number of ketones is 4. The zero-order chi connectivity index (χ0) is 47.0. The number of halogens is 11. The van der Waals surface area contributed by atoms with Crippen molar-refractivity contribution in [1.82, 2.24) is 24.5 Å². The summed E-state index contributed by atoms with van der Waals surface area (Å²) in [6.07, 6.45) is -8.75. The van der Waals surface area contributed by atoms with Crippen molar-refractivity contribution in [3.8, 4) is 11.1 Å². The Bertz CT molecular complexity index is 2660. The molecule has 2 aromatic carbocycles. The average molecular weight is 911 g/mol. The van der Waals surface area contributed by atoms with Crippen molar-refractivity contribution in [3.63, 3.8) is 0 Å². The molecule has 338 valence electrons. The Morgan fingerprint density at radius 1 is 0.750 bits per heavy atom. The number of hydrogen-bond acceptors (Lipinski definition) is 8. The Balaban J connectivity index is 0.000000298. The average Bonchev–Trinajstić information content (AvgIpc) is 3.79. The molecule has 2 N–H and O–H groups in total. The summed E-state index contributed by atoms with van der Waals surface area (Å²) in [4.78, 5) is 64.5. The van der Waals surface area contributed by atoms with E-state index in [-0.39, 0.29) is 23.2 Å². The second-order valence-electron chi connectivity index (χ2n) is 15.0. The fourth-order valence-corrected chi connectivity index (χ4v) is 7.68. The third kappa shape index (κ3) is 9.79. The van der Waals surface area contributed by atoms with Gasteiger partial charge in [0.15, 0.2) is 23.1 Å². The zero-order valence-electron chi connectivity index (χ0n) is 33.1. The van der Waals surface area contributed by atoms with Crippen molar-refractivity contribution in [3.05, 3.63) is 123 Å². The summed E-state index contributed by atoms with van der Waals surface area (Å²) < 4.78 is 154. The van der Waals surface area contributed by atoms with Crippen LogP contribution in [0, 0.1) is 17.5 Å². The quantitative estimate of drug-likeness (QED) is 0.115. The maximum absolute atomic E-state index is 14.9. The lowest BCUT2D eigenvalue weighted by Gasteiger charge is -2.23. The van der Waals surface area contributed by atoms with Crippen LogP contribution in [0.4, 0.5) is 48.3 Å². The molecule has 11 nitrogen and oxygen atoms in total. The van der Waals surface area contributed by atoms with E-state index in [0.717, 1.165) is 25.1 Å². The summed E-state index contributed by atoms with van der Waals surface area (Å²) in [5.74, 6) is -14.9. The van der Waals surface area contributed by atoms with E-state index in [1.54, 1.807) is 0 Å². The van der Waals surface area contributed by atoms with Crippen LogP contribution in [-0.4, -0.2) is 53.6 Å². The molecular formula is C42H33F11N6O5. The predicted octanol–water partition coefficient (Wildman–Crippen LogP) is 8.93. The minimum absolute atomic E-state index is 0.104. The summed E-state index contributed by atoms with van der Waals surface area (Å²) in [6, 6.07) is 9.22. The topological polar surface area (TPSA) is 160 Å². The van der Waals surface area contributed by atoms with E-state index in [1.807, 2.05) is 0 Å². The number of amides is 1. The number of benzene rings is 2. The number of carbonyl (C=O) groups excluding carboxylic acids is 5. The van der Waals surface area contributed by atoms with E-state index in [4.69, 9.17) is 5.73 Å². The highest BCUT2D eigenvalue weighted by atomic mass is 19.3. The summed E-state index contributed by atoms with van der Waals surface area (Å²) in [7, 11) is 0. The van der Waals surface area contributed by atoms with Gasteiger partial charge in [-0.15, -0.1) is 0 Å². The van der Waals surface area contributed by atoms with Crippen LogP contribution in [0.5, 0.6) is 0 Å². The van der Waals surface area contributed by atoms with Crippen molar-refractivity contribution in [2.75, 3.05) is 0 Å². The van der Waals surface area contributed by atoms with E-state index in [1.165, 1.54) is 30.5 Å². The molecule has 0 spiro atoms. The second kappa shape index (κ2) is 18.2. The molecule has 2 aliphatic rings. The molecule has 64 heavy (non-hydrogen) atoms. The van der Waals surface area contributed by atoms with Gasteiger partial charge in [0.1, 0.15) is 46.8 Å². The summed E-state index contributed by atoms with van der Waals surface area (Å²) in [6.45, 7) is -0.354. The number of fused-ring (bicyclic) bond motifs is 2. The number of nitrogens with two attached hydrogens (primary N) is 1. The van der Waals surface area contributed by atoms with E-state index in [0.29, 0.717) is 21.0 Å². The van der Waals surface area contributed by atoms with Gasteiger partial charge in [-0.2, -0.15) is 27.8 Å². The largest absolute Gasteiger partial charge is 0.366 e. The van der Waals surface area contributed by atoms with Crippen molar-refractivity contribution in [1.29, 1.82) is 0 Å². The van der Waals surface area contributed by atoms with Crippen LogP contribution < -0.4 is 5.73 Å². The molecule has 3 heterocycles. The first-order valence-corrected chi connectivity index (χ1v) is 19.1. The molecule has 5 aromatic rings. The van der Waals surface area contributed by atoms with Gasteiger partial charge in [-0.05, 0) is 54.8 Å². The number of aromatic nitrogens is 5. The molecule has 0 aliphatic heterocycles. The Labute approximate surface area is 354 Å². The van der Waals surface area contributed by atoms with Crippen LogP contribution in [0.25, 0.3) is 11.1 Å². The van der Waals surface area contributed by atoms with Gasteiger partial charge in [0, 0.05) is 55.8 Å². The first-order valence-electron chi connectivity index (χ1n) is 19.1. The highest BCUT2D eigenvalue weighted by Crippen LogP contribution is 2.45. The van der Waals surface area contributed by atoms with E-state index in [9.17, 15) is 72.3 Å². The lowest BCUT2D eigenvalue weighted by atomic mass is 9.86. The molecule has 22 heteroatoms. The van der Waals surface area contributed by atoms with Gasteiger partial charge in [0.05, 0.1) is 28.9 Å². The van der Waals surface area contributed by atoms with Crippen molar-refractivity contribution in [2.45, 2.75) is 89.2 Å². The van der Waals surface area contributed by atoms with Gasteiger partial charge in [-0.25, -0.2) is 30.7 Å². The van der Waals surface area contributed by atoms with E-state index < -0.39 is 162 Å². The smallest absolute Gasteiger partial charge is 0.290 e. The zero-order valence-corrected chi connectivity index (χ0v) is 33.1. The highest BCUT2D eigenvalue weighted by molar-refractivity contribution is 6.00. The highest BCUT2D eigenvalue weighted by Gasteiger charge is 2.48. The van der Waals surface area contributed by atoms with Crippen molar-refractivity contribution >= 4 is 29.0 Å². The maximum atomic E-state index is 14.9. The molecule has 7 rings (SSSR count). The molecule has 0 fully saturated rings. The Hall–Kier alpha value is -6.61. The standard InChI is InChI=1S/C31H23F7N4O3.C11H10F4N2O2/c32-18-9-15(10-19(33)13-18)8-17(26-21(2-1-7-40-26)16-3-4-23(34)22(12-16)30(39)45)11-20(43)14-42-28-25(27(41-42)29(35)36)24(44)5-6-31(28,37)38;1-5(18)4-17-9-7(8(16-17)10(12)13)6(19)2-3-11(9,14)15/h1-4,7,9-10,12-13,17,29H,5-6,8,11,14H2,(H2,39,45);10H,2-4H2,1H3/t17-;/m1./s1. The second-order valence-corrected chi connectivity index (χ2v) is 15.0. The third-order valence-electron chi connectivity index (χ3n) is 10.3. The molecule has 1 atom stereocenters. The predicted molar refractivity (Wildman–Crippen MR) is 201 cm³/mol. The fraction of sp³-hybridized carbons (Fsp3) is 0.333. The van der Waals surface area contributed by atoms with Crippen LogP contribution in [0.3, 0.4) is 0 Å². The maximum Gasteiger partial charge on any atom is 0.290 e. The Kier molecular flexibility index (Phi) is 13.4. The first kappa shape index (κ1) is 46.9. The number of pyridine rings is 1. The van der Waals surface area contributed by atoms with Crippen LogP contribution in [0.15, 0.2) is 54.7 Å². The van der Waals surface area contributed by atoms with Crippen LogP contribution in [0.1, 0.15) is 123 Å². The number of carbonyl (C=O) groups is 5. The van der Waals surface area contributed by atoms with Gasteiger partial charge in [0.25, 0.3) is 30.6 Å². The normalized spacial score (nSPS) is 15.7. The third-order valence-corrected chi connectivity index (χ3v) is 10.3. The number of hydrogen-bond donors (Lipinski definition) is 1. The number of nitrogens with zero attached hydrogens (tertiary/aromatic N) is 5. The molecule has 0 radical (unpaired) electrons. The van der Waals surface area contributed by atoms with E-state index >= 15 is 0 Å². The first-order chi connectivity index (χ1) is 30.0. The number of rotatable bonds is 13. The molecular weight excluding hydrogens is 877 g/mol. The molecule has 0 saturated carbocycles. The Morgan fingerprint density at radius 2 is 1.28 bits per heavy atom. The van der Waals surface area contributed by atoms with Crippen molar-refractivity contribution < 1.29 is 72.3 Å². The molecule has 0 unspecified atom stereocenters. The summed E-state index contributed by atoms with van der Waals surface area (Å²) in [5.41, 5.74) is -0.0275. The monoisotopic (exact) mass is 910 g/mol. The summed E-state index contributed by atoms with van der Waals surface area (Å²) in [5, 5.41) is 6.84. The minimum atomic E-state index is -3.71. The summed E-state index contributed by atoms with van der Waals surface area (Å²) >= 11 is 0. The van der Waals surface area contributed by atoms with Crippen LogP contribution >= 0.6 is 0 Å².